The van der Waals surface area contributed by atoms with E-state index in [0.717, 1.165) is 6.42 Å². The van der Waals surface area contributed by atoms with E-state index in [2.05, 4.69) is 4.94 Å². The molecule has 0 aromatic heterocycles. The van der Waals surface area contributed by atoms with E-state index in [9.17, 15) is 13.7 Å². The van der Waals surface area contributed by atoms with E-state index in [-0.39, 0.29) is 6.42 Å². The lowest BCUT2D eigenvalue weighted by Gasteiger charge is -1.99. The van der Waals surface area contributed by atoms with Crippen molar-refractivity contribution < 1.29 is 18.7 Å². The van der Waals surface area contributed by atoms with Crippen molar-refractivity contribution in [2.24, 2.45) is 0 Å². The van der Waals surface area contributed by atoms with Crippen LogP contribution in [0.2, 0.25) is 0 Å². The molecule has 0 aliphatic heterocycles. The molecule has 0 bridgehead atoms. The van der Waals surface area contributed by atoms with Gasteiger partial charge in [-0.05, 0) is 6.42 Å². The average Bonchev–Trinajstić information content (AvgIpc) is 1.98. The number of alkyl halides is 1. The standard InChI is InChI=1S/C6H10F2O2/c1-2-3-4-5(7)6(9)10-8/h5H,2-4H2,1H3. The topological polar surface area (TPSA) is 26.3 Å². The third-order valence-electron chi connectivity index (χ3n) is 1.14. The summed E-state index contributed by atoms with van der Waals surface area (Å²) < 4.78 is 23.2. The maximum absolute atomic E-state index is 12.3. The molecule has 4 heteroatoms. The van der Waals surface area contributed by atoms with Gasteiger partial charge >= 0.3 is 5.97 Å². The third-order valence-corrected chi connectivity index (χ3v) is 1.14. The summed E-state index contributed by atoms with van der Waals surface area (Å²) in [6.45, 7) is 1.85. The fourth-order valence-corrected chi connectivity index (χ4v) is 0.550. The Hall–Kier alpha value is -0.670. The van der Waals surface area contributed by atoms with Crippen LogP contribution in [0.3, 0.4) is 0 Å². The lowest BCUT2D eigenvalue weighted by Crippen LogP contribution is -2.15. The summed E-state index contributed by atoms with van der Waals surface area (Å²) in [6.07, 6.45) is -0.417. The van der Waals surface area contributed by atoms with Crippen molar-refractivity contribution in [2.75, 3.05) is 0 Å². The molecule has 0 radical (unpaired) electrons. The van der Waals surface area contributed by atoms with Crippen LogP contribution in [0.4, 0.5) is 8.92 Å². The molecule has 0 spiro atoms. The van der Waals surface area contributed by atoms with E-state index in [0.29, 0.717) is 6.42 Å². The fraction of sp³-hybridized carbons (Fsp3) is 0.833. The van der Waals surface area contributed by atoms with Crippen LogP contribution >= 0.6 is 0 Å². The Morgan fingerprint density at radius 1 is 1.70 bits per heavy atom. The molecule has 0 aromatic rings. The number of carbonyl (C=O) groups excluding carboxylic acids is 1. The summed E-state index contributed by atoms with van der Waals surface area (Å²) in [6, 6.07) is 0. The highest BCUT2D eigenvalue weighted by molar-refractivity contribution is 5.73. The molecule has 0 heterocycles. The van der Waals surface area contributed by atoms with Crippen LogP contribution in [-0.2, 0) is 9.74 Å². The molecular weight excluding hydrogens is 142 g/mol. The van der Waals surface area contributed by atoms with Crippen LogP contribution in [0.1, 0.15) is 26.2 Å². The monoisotopic (exact) mass is 152 g/mol. The molecule has 60 valence electrons. The Kier molecular flexibility index (Phi) is 4.80. The van der Waals surface area contributed by atoms with Crippen molar-refractivity contribution in [2.45, 2.75) is 32.4 Å². The van der Waals surface area contributed by atoms with Gasteiger partial charge in [0, 0.05) is 4.53 Å². The van der Waals surface area contributed by atoms with E-state index in [4.69, 9.17) is 0 Å². The van der Waals surface area contributed by atoms with Crippen LogP contribution in [0.5, 0.6) is 0 Å². The first-order valence-corrected chi connectivity index (χ1v) is 3.18. The molecule has 0 fully saturated rings. The van der Waals surface area contributed by atoms with Crippen LogP contribution in [-0.4, -0.2) is 12.1 Å². The van der Waals surface area contributed by atoms with E-state index < -0.39 is 12.1 Å². The molecule has 10 heavy (non-hydrogen) atoms. The molecule has 1 unspecified atom stereocenters. The highest BCUT2D eigenvalue weighted by Gasteiger charge is 2.18. The van der Waals surface area contributed by atoms with Crippen molar-refractivity contribution in [3.05, 3.63) is 0 Å². The van der Waals surface area contributed by atoms with Crippen molar-refractivity contribution >= 4 is 5.97 Å². The molecule has 0 aliphatic carbocycles. The minimum Gasteiger partial charge on any atom is -0.252 e. The SMILES string of the molecule is CCCCC(F)C(=O)OF. The molecule has 0 rings (SSSR count). The minimum atomic E-state index is -1.80. The predicted octanol–water partition coefficient (Wildman–Crippen LogP) is 1.94. The summed E-state index contributed by atoms with van der Waals surface area (Å²) >= 11 is 0. The highest BCUT2D eigenvalue weighted by atomic mass is 19.3. The first-order valence-electron chi connectivity index (χ1n) is 3.18. The van der Waals surface area contributed by atoms with Crippen LogP contribution in [0.15, 0.2) is 0 Å². The van der Waals surface area contributed by atoms with E-state index in [1.165, 1.54) is 0 Å². The van der Waals surface area contributed by atoms with Gasteiger partial charge in [0.15, 0.2) is 0 Å². The zero-order valence-electron chi connectivity index (χ0n) is 5.77. The molecule has 0 N–H and O–H groups in total. The fourth-order valence-electron chi connectivity index (χ4n) is 0.550. The van der Waals surface area contributed by atoms with Gasteiger partial charge in [-0.1, -0.05) is 19.8 Å². The summed E-state index contributed by atoms with van der Waals surface area (Å²) in [5.41, 5.74) is 0. The Morgan fingerprint density at radius 3 is 2.70 bits per heavy atom. The van der Waals surface area contributed by atoms with Crippen LogP contribution in [0.25, 0.3) is 0 Å². The maximum atomic E-state index is 12.3. The molecule has 0 aromatic carbocycles. The molecule has 0 saturated heterocycles. The number of hydrogen-bond acceptors (Lipinski definition) is 2. The van der Waals surface area contributed by atoms with Crippen molar-refractivity contribution in [1.82, 2.24) is 0 Å². The van der Waals surface area contributed by atoms with Gasteiger partial charge in [0.05, 0.1) is 0 Å². The number of unbranched alkanes of at least 4 members (excludes halogenated alkanes) is 1. The molecule has 0 saturated carbocycles. The summed E-state index contributed by atoms with van der Waals surface area (Å²) in [4.78, 5) is 12.7. The Bertz CT molecular complexity index is 106. The Labute approximate surface area is 58.1 Å². The second kappa shape index (κ2) is 5.14. The van der Waals surface area contributed by atoms with Gasteiger partial charge in [0.2, 0.25) is 6.17 Å². The van der Waals surface area contributed by atoms with Gasteiger partial charge in [-0.15, -0.1) is 0 Å². The zero-order chi connectivity index (χ0) is 7.98. The lowest BCUT2D eigenvalue weighted by molar-refractivity contribution is -0.190. The summed E-state index contributed by atoms with van der Waals surface area (Å²) in [5.74, 6) is -1.42. The first-order chi connectivity index (χ1) is 4.72. The molecule has 0 aliphatic rings. The largest absolute Gasteiger partial charge is 0.382 e. The van der Waals surface area contributed by atoms with Gasteiger partial charge in [0.1, 0.15) is 0 Å². The Balaban J connectivity index is 3.41. The van der Waals surface area contributed by atoms with E-state index >= 15 is 0 Å². The second-order valence-corrected chi connectivity index (χ2v) is 2.01. The minimum absolute atomic E-state index is 0.0409. The number of carbonyl (C=O) groups is 1. The molecule has 0 amide bonds. The van der Waals surface area contributed by atoms with Crippen molar-refractivity contribution in [3.63, 3.8) is 0 Å². The Morgan fingerprint density at radius 2 is 2.30 bits per heavy atom. The third kappa shape index (κ3) is 3.37. The van der Waals surface area contributed by atoms with Gasteiger partial charge in [-0.25, -0.2) is 9.18 Å². The smallest absolute Gasteiger partial charge is 0.252 e. The van der Waals surface area contributed by atoms with Crippen molar-refractivity contribution in [1.29, 1.82) is 0 Å². The average molecular weight is 152 g/mol. The number of halogens is 2. The molecular formula is C6H10F2O2. The van der Waals surface area contributed by atoms with Gasteiger partial charge in [-0.2, -0.15) is 0 Å². The van der Waals surface area contributed by atoms with Crippen LogP contribution < -0.4 is 0 Å². The molecule has 1 atom stereocenters. The maximum Gasteiger partial charge on any atom is 0.382 e. The predicted molar refractivity (Wildman–Crippen MR) is 31.6 cm³/mol. The number of hydrogen-bond donors (Lipinski definition) is 0. The van der Waals surface area contributed by atoms with E-state index in [1.54, 1.807) is 0 Å². The van der Waals surface area contributed by atoms with Crippen LogP contribution in [0, 0.1) is 0 Å². The quantitative estimate of drug-likeness (QED) is 0.615. The van der Waals surface area contributed by atoms with Gasteiger partial charge in [-0.3, -0.25) is 4.94 Å². The zero-order valence-corrected chi connectivity index (χ0v) is 5.77. The van der Waals surface area contributed by atoms with Gasteiger partial charge in [0.25, 0.3) is 0 Å². The highest BCUT2D eigenvalue weighted by Crippen LogP contribution is 2.05. The normalized spacial score (nSPS) is 12.7. The van der Waals surface area contributed by atoms with E-state index in [1.807, 2.05) is 6.92 Å². The number of rotatable bonds is 4. The van der Waals surface area contributed by atoms with Gasteiger partial charge < -0.3 is 0 Å². The summed E-state index contributed by atoms with van der Waals surface area (Å²) in [7, 11) is 0. The molecule has 2 nitrogen and oxygen atoms in total. The van der Waals surface area contributed by atoms with Crippen molar-refractivity contribution in [3.8, 4) is 0 Å². The lowest BCUT2D eigenvalue weighted by atomic mass is 10.2. The summed E-state index contributed by atoms with van der Waals surface area (Å²) in [5, 5.41) is 0. The first kappa shape index (κ1) is 9.33. The second-order valence-electron chi connectivity index (χ2n) is 2.01.